The van der Waals surface area contributed by atoms with Crippen LogP contribution in [0.25, 0.3) is 0 Å². The Morgan fingerprint density at radius 1 is 1.25 bits per heavy atom. The quantitative estimate of drug-likeness (QED) is 0.876. The lowest BCUT2D eigenvalue weighted by Crippen LogP contribution is -2.21. The lowest BCUT2D eigenvalue weighted by molar-refractivity contribution is 0.0696. The summed E-state index contributed by atoms with van der Waals surface area (Å²) in [5, 5.41) is 12.6. The summed E-state index contributed by atoms with van der Waals surface area (Å²) in [5.74, 6) is -0.171. The second-order valence-electron chi connectivity index (χ2n) is 5.58. The standard InChI is InChI=1S/C16H24N2O2/c1-2-13-10-12(16(19)20)11-15(17-13)18-14-8-6-4-3-5-7-9-14/h10-11,14H,2-9H2,1H3,(H,17,18)(H,19,20). The summed E-state index contributed by atoms with van der Waals surface area (Å²) in [6.45, 7) is 1.99. The van der Waals surface area contributed by atoms with E-state index in [2.05, 4.69) is 10.3 Å². The van der Waals surface area contributed by atoms with Crippen LogP contribution in [0.5, 0.6) is 0 Å². The fraction of sp³-hybridized carbons (Fsp3) is 0.625. The predicted molar refractivity (Wildman–Crippen MR) is 80.3 cm³/mol. The zero-order valence-electron chi connectivity index (χ0n) is 12.2. The van der Waals surface area contributed by atoms with Crippen LogP contribution in [-0.4, -0.2) is 22.1 Å². The summed E-state index contributed by atoms with van der Waals surface area (Å²) in [6.07, 6.45) is 9.51. The molecule has 0 amide bonds. The normalized spacial score (nSPS) is 17.2. The predicted octanol–water partition coefficient (Wildman–Crippen LogP) is 3.87. The van der Waals surface area contributed by atoms with Gasteiger partial charge in [-0.2, -0.15) is 0 Å². The first-order valence-corrected chi connectivity index (χ1v) is 7.70. The molecule has 0 unspecified atom stereocenters. The summed E-state index contributed by atoms with van der Waals surface area (Å²) in [7, 11) is 0. The Labute approximate surface area is 120 Å². The molecule has 0 atom stereocenters. The van der Waals surface area contributed by atoms with Crippen LogP contribution in [0.2, 0.25) is 0 Å². The van der Waals surface area contributed by atoms with Crippen LogP contribution in [0.4, 0.5) is 5.82 Å². The van der Waals surface area contributed by atoms with E-state index in [9.17, 15) is 4.79 Å². The van der Waals surface area contributed by atoms with Crippen molar-refractivity contribution in [2.75, 3.05) is 5.32 Å². The maximum atomic E-state index is 11.2. The monoisotopic (exact) mass is 276 g/mol. The van der Waals surface area contributed by atoms with Gasteiger partial charge < -0.3 is 10.4 Å². The summed E-state index contributed by atoms with van der Waals surface area (Å²) >= 11 is 0. The molecular formula is C16H24N2O2. The molecule has 20 heavy (non-hydrogen) atoms. The largest absolute Gasteiger partial charge is 0.478 e. The molecule has 0 aromatic carbocycles. The van der Waals surface area contributed by atoms with Gasteiger partial charge in [-0.1, -0.05) is 39.0 Å². The molecule has 0 bridgehead atoms. The van der Waals surface area contributed by atoms with Crippen molar-refractivity contribution in [2.24, 2.45) is 0 Å². The number of carbonyl (C=O) groups is 1. The van der Waals surface area contributed by atoms with Crippen molar-refractivity contribution in [3.8, 4) is 0 Å². The molecule has 2 rings (SSSR count). The van der Waals surface area contributed by atoms with Crippen molar-refractivity contribution in [1.29, 1.82) is 0 Å². The Bertz CT molecular complexity index is 452. The lowest BCUT2D eigenvalue weighted by Gasteiger charge is -2.22. The van der Waals surface area contributed by atoms with E-state index in [0.29, 0.717) is 17.4 Å². The third-order valence-corrected chi connectivity index (χ3v) is 3.94. The van der Waals surface area contributed by atoms with Gasteiger partial charge in [-0.15, -0.1) is 0 Å². The fourth-order valence-corrected chi connectivity index (χ4v) is 2.78. The topological polar surface area (TPSA) is 62.2 Å². The number of hydrogen-bond acceptors (Lipinski definition) is 3. The molecular weight excluding hydrogens is 252 g/mol. The fourth-order valence-electron chi connectivity index (χ4n) is 2.78. The van der Waals surface area contributed by atoms with E-state index in [1.807, 2.05) is 6.92 Å². The molecule has 0 spiro atoms. The smallest absolute Gasteiger partial charge is 0.335 e. The van der Waals surface area contributed by atoms with Gasteiger partial charge >= 0.3 is 5.97 Å². The van der Waals surface area contributed by atoms with Crippen LogP contribution in [0.1, 0.15) is 67.9 Å². The first-order valence-electron chi connectivity index (χ1n) is 7.70. The number of aryl methyl sites for hydroxylation is 1. The number of rotatable bonds is 4. The first-order chi connectivity index (χ1) is 9.69. The van der Waals surface area contributed by atoms with Crippen LogP contribution in [-0.2, 0) is 6.42 Å². The Balaban J connectivity index is 2.10. The van der Waals surface area contributed by atoms with Crippen molar-refractivity contribution in [3.05, 3.63) is 23.4 Å². The van der Waals surface area contributed by atoms with E-state index >= 15 is 0 Å². The maximum Gasteiger partial charge on any atom is 0.335 e. The molecule has 1 aliphatic carbocycles. The number of carboxylic acid groups (broad SMARTS) is 1. The Morgan fingerprint density at radius 3 is 2.50 bits per heavy atom. The van der Waals surface area contributed by atoms with Gasteiger partial charge in [0.15, 0.2) is 0 Å². The first kappa shape index (κ1) is 14.8. The number of pyridine rings is 1. The third-order valence-electron chi connectivity index (χ3n) is 3.94. The summed E-state index contributed by atoms with van der Waals surface area (Å²) in [5.41, 5.74) is 1.16. The second kappa shape index (κ2) is 7.27. The highest BCUT2D eigenvalue weighted by Gasteiger charge is 2.14. The van der Waals surface area contributed by atoms with Crippen LogP contribution in [0.15, 0.2) is 12.1 Å². The third kappa shape index (κ3) is 4.22. The Morgan fingerprint density at radius 2 is 1.90 bits per heavy atom. The number of nitrogens with one attached hydrogen (secondary N) is 1. The Kier molecular flexibility index (Phi) is 5.39. The Hall–Kier alpha value is -1.58. The lowest BCUT2D eigenvalue weighted by atomic mass is 9.97. The summed E-state index contributed by atoms with van der Waals surface area (Å²) < 4.78 is 0. The van der Waals surface area contributed by atoms with Crippen LogP contribution in [0, 0.1) is 0 Å². The molecule has 0 saturated heterocycles. The average Bonchev–Trinajstić information content (AvgIpc) is 2.41. The van der Waals surface area contributed by atoms with Gasteiger partial charge in [0, 0.05) is 11.7 Å². The van der Waals surface area contributed by atoms with Crippen LogP contribution < -0.4 is 5.32 Å². The SMILES string of the molecule is CCc1cc(C(=O)O)cc(NC2CCCCCCC2)n1. The number of hydrogen-bond donors (Lipinski definition) is 2. The molecule has 1 saturated carbocycles. The van der Waals surface area contributed by atoms with Gasteiger partial charge in [0.1, 0.15) is 5.82 Å². The van der Waals surface area contributed by atoms with E-state index in [1.165, 1.54) is 32.1 Å². The molecule has 0 radical (unpaired) electrons. The summed E-state index contributed by atoms with van der Waals surface area (Å²) in [4.78, 5) is 15.7. The molecule has 1 fully saturated rings. The highest BCUT2D eigenvalue weighted by molar-refractivity contribution is 5.88. The maximum absolute atomic E-state index is 11.2. The minimum absolute atomic E-state index is 0.324. The minimum atomic E-state index is -0.886. The molecule has 1 aromatic heterocycles. The van der Waals surface area contributed by atoms with Crippen LogP contribution in [0.3, 0.4) is 0 Å². The minimum Gasteiger partial charge on any atom is -0.478 e. The molecule has 2 N–H and O–H groups in total. The van der Waals surface area contributed by atoms with Gasteiger partial charge in [0.2, 0.25) is 0 Å². The zero-order valence-corrected chi connectivity index (χ0v) is 12.2. The van der Waals surface area contributed by atoms with Gasteiger partial charge in [-0.25, -0.2) is 9.78 Å². The van der Waals surface area contributed by atoms with Crippen molar-refractivity contribution in [2.45, 2.75) is 64.3 Å². The van der Waals surface area contributed by atoms with Crippen molar-refractivity contribution < 1.29 is 9.90 Å². The average molecular weight is 276 g/mol. The molecule has 1 heterocycles. The number of aromatic carboxylic acids is 1. The van der Waals surface area contributed by atoms with E-state index < -0.39 is 5.97 Å². The van der Waals surface area contributed by atoms with Crippen molar-refractivity contribution in [3.63, 3.8) is 0 Å². The molecule has 4 nitrogen and oxygen atoms in total. The van der Waals surface area contributed by atoms with Gasteiger partial charge in [-0.3, -0.25) is 0 Å². The number of aromatic nitrogens is 1. The van der Waals surface area contributed by atoms with Crippen molar-refractivity contribution >= 4 is 11.8 Å². The number of carboxylic acids is 1. The summed E-state index contributed by atoms with van der Waals surface area (Å²) in [6, 6.07) is 3.74. The van der Waals surface area contributed by atoms with E-state index in [-0.39, 0.29) is 0 Å². The van der Waals surface area contributed by atoms with Crippen LogP contribution >= 0.6 is 0 Å². The van der Waals surface area contributed by atoms with Gasteiger partial charge in [0.25, 0.3) is 0 Å². The highest BCUT2D eigenvalue weighted by atomic mass is 16.4. The molecule has 1 aliphatic rings. The number of nitrogens with zero attached hydrogens (tertiary/aromatic N) is 1. The second-order valence-corrected chi connectivity index (χ2v) is 5.58. The van der Waals surface area contributed by atoms with E-state index in [4.69, 9.17) is 5.11 Å². The zero-order chi connectivity index (χ0) is 14.4. The van der Waals surface area contributed by atoms with E-state index in [1.54, 1.807) is 12.1 Å². The van der Waals surface area contributed by atoms with Gasteiger partial charge in [-0.05, 0) is 31.4 Å². The van der Waals surface area contributed by atoms with Gasteiger partial charge in [0.05, 0.1) is 5.56 Å². The molecule has 4 heteroatoms. The number of anilines is 1. The van der Waals surface area contributed by atoms with E-state index in [0.717, 1.165) is 25.0 Å². The van der Waals surface area contributed by atoms with Crippen molar-refractivity contribution in [1.82, 2.24) is 4.98 Å². The molecule has 1 aromatic rings. The highest BCUT2D eigenvalue weighted by Crippen LogP contribution is 2.21. The molecule has 110 valence electrons. The molecule has 0 aliphatic heterocycles.